The Balaban J connectivity index is 1.58. The summed E-state index contributed by atoms with van der Waals surface area (Å²) in [6, 6.07) is 15.4. The lowest BCUT2D eigenvalue weighted by molar-refractivity contribution is -0.143. The Morgan fingerprint density at radius 2 is 1.82 bits per heavy atom. The number of aryl methyl sites for hydroxylation is 1. The number of rotatable bonds is 5. The van der Waals surface area contributed by atoms with E-state index in [1.807, 2.05) is 62.4 Å². The van der Waals surface area contributed by atoms with E-state index in [0.29, 0.717) is 25.9 Å². The zero-order valence-corrected chi connectivity index (χ0v) is 16.2. The van der Waals surface area contributed by atoms with E-state index in [2.05, 4.69) is 5.32 Å². The van der Waals surface area contributed by atoms with Crippen LogP contribution in [0.4, 0.5) is 10.5 Å². The van der Waals surface area contributed by atoms with Crippen molar-refractivity contribution in [3.05, 3.63) is 59.7 Å². The van der Waals surface area contributed by atoms with Gasteiger partial charge in [-0.15, -0.1) is 0 Å². The number of anilines is 1. The number of carboxylic acid groups (broad SMARTS) is 1. The molecule has 0 aliphatic carbocycles. The molecule has 1 saturated heterocycles. The van der Waals surface area contributed by atoms with Gasteiger partial charge in [-0.3, -0.25) is 4.79 Å². The normalized spacial score (nSPS) is 15.7. The molecular weight excluding hydrogens is 356 g/mol. The van der Waals surface area contributed by atoms with Crippen LogP contribution in [0.1, 0.15) is 37.0 Å². The van der Waals surface area contributed by atoms with E-state index in [1.54, 1.807) is 4.90 Å². The highest BCUT2D eigenvalue weighted by Crippen LogP contribution is 2.26. The zero-order valence-electron chi connectivity index (χ0n) is 16.2. The third-order valence-electron chi connectivity index (χ3n) is 5.15. The second-order valence-corrected chi connectivity index (χ2v) is 7.18. The molecule has 0 bridgehead atoms. The molecule has 0 aromatic heterocycles. The van der Waals surface area contributed by atoms with Crippen LogP contribution in [0.15, 0.2) is 48.5 Å². The third kappa shape index (κ3) is 4.82. The number of piperidine rings is 1. The lowest BCUT2D eigenvalue weighted by Crippen LogP contribution is -2.42. The van der Waals surface area contributed by atoms with Crippen LogP contribution in [0.2, 0.25) is 0 Å². The summed E-state index contributed by atoms with van der Waals surface area (Å²) >= 11 is 0. The predicted octanol–water partition coefficient (Wildman–Crippen LogP) is 4.46. The maximum absolute atomic E-state index is 12.5. The fourth-order valence-electron chi connectivity index (χ4n) is 3.37. The number of benzene rings is 2. The van der Waals surface area contributed by atoms with Crippen molar-refractivity contribution in [3.8, 4) is 5.75 Å². The molecule has 2 aromatic rings. The van der Waals surface area contributed by atoms with Crippen LogP contribution in [0.3, 0.4) is 0 Å². The Kier molecular flexibility index (Phi) is 6.19. The molecular formula is C22H26N2O4. The number of nitrogens with zero attached hydrogens (tertiary/aromatic N) is 1. The summed E-state index contributed by atoms with van der Waals surface area (Å²) in [7, 11) is 0. The van der Waals surface area contributed by atoms with Crippen molar-refractivity contribution in [2.75, 3.05) is 18.4 Å². The summed E-state index contributed by atoms with van der Waals surface area (Å²) in [4.78, 5) is 25.2. The highest BCUT2D eigenvalue weighted by molar-refractivity contribution is 5.90. The number of carbonyl (C=O) groups excluding carboxylic acids is 1. The third-order valence-corrected chi connectivity index (χ3v) is 5.15. The second kappa shape index (κ2) is 8.78. The average Bonchev–Trinajstić information content (AvgIpc) is 2.70. The van der Waals surface area contributed by atoms with Gasteiger partial charge < -0.3 is 20.1 Å². The predicted molar refractivity (Wildman–Crippen MR) is 108 cm³/mol. The fourth-order valence-corrected chi connectivity index (χ4v) is 3.37. The Hall–Kier alpha value is -3.02. The molecule has 1 heterocycles. The number of hydrogen-bond acceptors (Lipinski definition) is 3. The van der Waals surface area contributed by atoms with E-state index in [9.17, 15) is 9.59 Å². The van der Waals surface area contributed by atoms with Gasteiger partial charge in [0.1, 0.15) is 11.9 Å². The molecule has 2 N–H and O–H groups in total. The monoisotopic (exact) mass is 382 g/mol. The van der Waals surface area contributed by atoms with Crippen molar-refractivity contribution in [1.82, 2.24) is 4.90 Å². The topological polar surface area (TPSA) is 78.9 Å². The van der Waals surface area contributed by atoms with E-state index in [1.165, 1.54) is 0 Å². The molecule has 6 heteroatoms. The van der Waals surface area contributed by atoms with Gasteiger partial charge in [0.05, 0.1) is 5.92 Å². The lowest BCUT2D eigenvalue weighted by Gasteiger charge is -2.30. The first-order valence-electron chi connectivity index (χ1n) is 9.55. The van der Waals surface area contributed by atoms with Crippen LogP contribution >= 0.6 is 0 Å². The van der Waals surface area contributed by atoms with Gasteiger partial charge in [0.2, 0.25) is 0 Å². The Bertz CT molecular complexity index is 830. The van der Waals surface area contributed by atoms with Crippen LogP contribution in [0, 0.1) is 12.8 Å². The molecule has 28 heavy (non-hydrogen) atoms. The molecule has 148 valence electrons. The SMILES string of the molecule is Cc1cc(OC(C)c2ccccc2)ccc1NC(=O)N1CCC(C(=O)O)CC1. The Labute approximate surface area is 165 Å². The smallest absolute Gasteiger partial charge is 0.321 e. The minimum absolute atomic E-state index is 0.0726. The number of amides is 2. The molecule has 1 fully saturated rings. The number of carboxylic acids is 1. The molecule has 1 aliphatic heterocycles. The quantitative estimate of drug-likeness (QED) is 0.800. The minimum Gasteiger partial charge on any atom is -0.486 e. The van der Waals surface area contributed by atoms with Gasteiger partial charge in [-0.2, -0.15) is 0 Å². The molecule has 1 unspecified atom stereocenters. The van der Waals surface area contributed by atoms with Gasteiger partial charge in [0, 0.05) is 18.8 Å². The largest absolute Gasteiger partial charge is 0.486 e. The average molecular weight is 382 g/mol. The second-order valence-electron chi connectivity index (χ2n) is 7.18. The number of carbonyl (C=O) groups is 2. The fraction of sp³-hybridized carbons (Fsp3) is 0.364. The van der Waals surface area contributed by atoms with Crippen LogP contribution in [-0.4, -0.2) is 35.1 Å². The van der Waals surface area contributed by atoms with Crippen molar-refractivity contribution in [1.29, 1.82) is 0 Å². The van der Waals surface area contributed by atoms with Crippen molar-refractivity contribution in [2.24, 2.45) is 5.92 Å². The zero-order chi connectivity index (χ0) is 20.1. The van der Waals surface area contributed by atoms with Crippen molar-refractivity contribution >= 4 is 17.7 Å². The molecule has 0 saturated carbocycles. The summed E-state index contributed by atoms with van der Waals surface area (Å²) in [5.74, 6) is -0.390. The summed E-state index contributed by atoms with van der Waals surface area (Å²) < 4.78 is 6.01. The van der Waals surface area contributed by atoms with Crippen LogP contribution in [0.25, 0.3) is 0 Å². The van der Waals surface area contributed by atoms with Crippen molar-refractivity contribution in [3.63, 3.8) is 0 Å². The number of likely N-dealkylation sites (tertiary alicyclic amines) is 1. The highest BCUT2D eigenvalue weighted by atomic mass is 16.5. The maximum Gasteiger partial charge on any atom is 0.321 e. The molecule has 0 radical (unpaired) electrons. The van der Waals surface area contributed by atoms with Gasteiger partial charge in [-0.05, 0) is 56.0 Å². The van der Waals surface area contributed by atoms with E-state index in [0.717, 1.165) is 22.6 Å². The molecule has 6 nitrogen and oxygen atoms in total. The van der Waals surface area contributed by atoms with Gasteiger partial charge in [0.15, 0.2) is 0 Å². The summed E-state index contributed by atoms with van der Waals surface area (Å²) in [6.07, 6.45) is 0.911. The summed E-state index contributed by atoms with van der Waals surface area (Å²) in [5.41, 5.74) is 2.74. The van der Waals surface area contributed by atoms with Crippen molar-refractivity contribution in [2.45, 2.75) is 32.8 Å². The Morgan fingerprint density at radius 1 is 1.14 bits per heavy atom. The first-order valence-corrected chi connectivity index (χ1v) is 9.55. The van der Waals surface area contributed by atoms with E-state index >= 15 is 0 Å². The van der Waals surface area contributed by atoms with Crippen molar-refractivity contribution < 1.29 is 19.4 Å². The molecule has 1 atom stereocenters. The van der Waals surface area contributed by atoms with Crippen LogP contribution in [0.5, 0.6) is 5.75 Å². The van der Waals surface area contributed by atoms with Gasteiger partial charge in [-0.1, -0.05) is 30.3 Å². The van der Waals surface area contributed by atoms with E-state index < -0.39 is 5.97 Å². The summed E-state index contributed by atoms with van der Waals surface area (Å²) in [6.45, 7) is 4.84. The minimum atomic E-state index is -0.781. The first-order chi connectivity index (χ1) is 13.4. The molecule has 2 amide bonds. The number of nitrogens with one attached hydrogen (secondary N) is 1. The number of ether oxygens (including phenoxy) is 1. The van der Waals surface area contributed by atoms with Gasteiger partial charge >= 0.3 is 12.0 Å². The van der Waals surface area contributed by atoms with E-state index in [4.69, 9.17) is 9.84 Å². The van der Waals surface area contributed by atoms with Crippen LogP contribution < -0.4 is 10.1 Å². The van der Waals surface area contributed by atoms with Gasteiger partial charge in [0.25, 0.3) is 0 Å². The van der Waals surface area contributed by atoms with Gasteiger partial charge in [-0.25, -0.2) is 4.79 Å². The molecule has 0 spiro atoms. The number of aliphatic carboxylic acids is 1. The summed E-state index contributed by atoms with van der Waals surface area (Å²) in [5, 5.41) is 12.0. The number of urea groups is 1. The molecule has 3 rings (SSSR count). The van der Waals surface area contributed by atoms with Crippen LogP contribution in [-0.2, 0) is 4.79 Å². The maximum atomic E-state index is 12.5. The molecule has 2 aromatic carbocycles. The Morgan fingerprint density at radius 3 is 2.43 bits per heavy atom. The number of hydrogen-bond donors (Lipinski definition) is 2. The van der Waals surface area contributed by atoms with E-state index in [-0.39, 0.29) is 18.1 Å². The lowest BCUT2D eigenvalue weighted by atomic mass is 9.97. The molecule has 1 aliphatic rings. The standard InChI is InChI=1S/C22H26N2O4/c1-15-14-19(28-16(2)17-6-4-3-5-7-17)8-9-20(15)23-22(27)24-12-10-18(11-13-24)21(25)26/h3-9,14,16,18H,10-13H2,1-2H3,(H,23,27)(H,25,26). The first kappa shape index (κ1) is 19.7. The highest BCUT2D eigenvalue weighted by Gasteiger charge is 2.27.